The molecule has 17 amide bonds. The Morgan fingerprint density at radius 2 is 0.821 bits per heavy atom. The number of carbonyl (C=O) groups is 20. The Labute approximate surface area is 804 Å². The Balaban J connectivity index is 1.05. The number of hydrogen-bond donors (Lipinski definition) is 27. The molecule has 766 valence electrons. The van der Waals surface area contributed by atoms with Gasteiger partial charge < -0.3 is 153 Å². The molecule has 52 nitrogen and oxygen atoms in total. The molecule has 0 radical (unpaired) electrons. The van der Waals surface area contributed by atoms with Crippen LogP contribution in [0.15, 0.2) is 79.6 Å². The maximum absolute atomic E-state index is 15.3. The zero-order chi connectivity index (χ0) is 103. The topological polar surface area (TPSA) is 832 Å². The predicted octanol–water partition coefficient (Wildman–Crippen LogP) is -8.56. The molecule has 2 aromatic carbocycles. The summed E-state index contributed by atoms with van der Waals surface area (Å²) in [4.78, 5) is 295. The Bertz CT molecular complexity index is 4940. The second-order valence-corrected chi connectivity index (χ2v) is 34.6. The van der Waals surface area contributed by atoms with E-state index in [0.29, 0.717) is 29.7 Å². The number of aromatic nitrogens is 4. The van der Waals surface area contributed by atoms with E-state index in [9.17, 15) is 107 Å². The maximum Gasteiger partial charge on any atom is 0.326 e. The molecule has 52 heteroatoms. The minimum atomic E-state index is -1.92. The molecule has 0 aliphatic carbocycles. The number of aliphatic carboxylic acids is 3. The Kier molecular flexibility index (Phi) is 45.5. The van der Waals surface area contributed by atoms with E-state index in [1.165, 1.54) is 54.2 Å². The lowest BCUT2D eigenvalue weighted by Gasteiger charge is -2.31. The molecule has 0 spiro atoms. The molecule has 140 heavy (non-hydrogen) atoms. The number of aliphatic hydroxyl groups excluding tert-OH is 1. The molecule has 3 fully saturated rings. The number of hydrogen-bond acceptors (Lipinski definition) is 28. The van der Waals surface area contributed by atoms with Gasteiger partial charge in [-0.1, -0.05) is 56.3 Å². The summed E-state index contributed by atoms with van der Waals surface area (Å²) in [5.41, 5.74) is 29.6. The Morgan fingerprint density at radius 3 is 1.28 bits per heavy atom. The van der Waals surface area contributed by atoms with Crippen LogP contribution in [0.1, 0.15) is 152 Å². The average molecular weight is 1970 g/mol. The number of nitrogens with zero attached hydrogens (tertiary/aromatic N) is 5. The molecule has 3 aliphatic heterocycles. The maximum atomic E-state index is 15.3. The lowest BCUT2D eigenvalue weighted by atomic mass is 10.0. The Morgan fingerprint density at radius 1 is 0.436 bits per heavy atom. The lowest BCUT2D eigenvalue weighted by Crippen LogP contribution is -2.61. The molecule has 3 saturated heterocycles. The minimum absolute atomic E-state index is 0.00168. The van der Waals surface area contributed by atoms with E-state index in [1.54, 1.807) is 44.2 Å². The number of amides is 17. The fourth-order valence-electron chi connectivity index (χ4n) is 16.1. The van der Waals surface area contributed by atoms with Crippen molar-refractivity contribution in [2.45, 2.75) is 246 Å². The quantitative estimate of drug-likeness (QED) is 0.0111. The molecule has 3 aliphatic rings. The summed E-state index contributed by atoms with van der Waals surface area (Å²) in [7, 11) is 0. The van der Waals surface area contributed by atoms with Gasteiger partial charge in [-0.25, -0.2) is 14.8 Å². The van der Waals surface area contributed by atoms with E-state index < -0.39 is 260 Å². The van der Waals surface area contributed by atoms with Crippen LogP contribution in [0.4, 0.5) is 0 Å². The fraction of sp³-hybridized carbons (Fsp3) is 0.557. The van der Waals surface area contributed by atoms with Gasteiger partial charge in [-0.2, -0.15) is 0 Å². The van der Waals surface area contributed by atoms with Gasteiger partial charge in [0, 0.05) is 75.6 Å². The van der Waals surface area contributed by atoms with Gasteiger partial charge in [-0.3, -0.25) is 96.5 Å². The van der Waals surface area contributed by atoms with Crippen LogP contribution in [0, 0.1) is 11.3 Å². The third-order valence-electron chi connectivity index (χ3n) is 23.2. The van der Waals surface area contributed by atoms with Crippen LogP contribution < -0.4 is 103 Å². The third kappa shape index (κ3) is 36.6. The van der Waals surface area contributed by atoms with Crippen LogP contribution in [0.2, 0.25) is 0 Å². The van der Waals surface area contributed by atoms with E-state index in [0.717, 1.165) is 9.80 Å². The molecule has 0 bridgehead atoms. The largest absolute Gasteiger partial charge is 0.508 e. The second kappa shape index (κ2) is 56.8. The summed E-state index contributed by atoms with van der Waals surface area (Å²) in [5, 5.41) is 91.8. The summed E-state index contributed by atoms with van der Waals surface area (Å²) in [6.07, 6.45) is 2.22. The molecule has 0 saturated carbocycles. The van der Waals surface area contributed by atoms with Crippen molar-refractivity contribution < 1.29 is 121 Å². The fourth-order valence-corrected chi connectivity index (χ4v) is 16.1. The van der Waals surface area contributed by atoms with Crippen LogP contribution in [0.25, 0.3) is 0 Å². The van der Waals surface area contributed by atoms with Gasteiger partial charge >= 0.3 is 17.9 Å². The zero-order valence-electron chi connectivity index (χ0n) is 77.7. The van der Waals surface area contributed by atoms with Crippen molar-refractivity contribution in [1.29, 1.82) is 5.41 Å². The van der Waals surface area contributed by atoms with E-state index in [-0.39, 0.29) is 159 Å². The van der Waals surface area contributed by atoms with Gasteiger partial charge in [0.15, 0.2) is 5.96 Å². The highest BCUT2D eigenvalue weighted by Gasteiger charge is 2.46. The van der Waals surface area contributed by atoms with Crippen molar-refractivity contribution in [3.63, 3.8) is 0 Å². The van der Waals surface area contributed by atoms with Crippen LogP contribution in [0.3, 0.4) is 0 Å². The van der Waals surface area contributed by atoms with Crippen molar-refractivity contribution in [1.82, 2.24) is 109 Å². The zero-order valence-corrected chi connectivity index (χ0v) is 77.7. The van der Waals surface area contributed by atoms with E-state index in [2.05, 4.69) is 94.4 Å². The normalized spacial score (nSPS) is 17.0. The number of phenolic OH excluding ortho intramolecular Hbond substituents is 1. The van der Waals surface area contributed by atoms with Crippen LogP contribution >= 0.6 is 0 Å². The molecular weight excluding hydrogens is 1840 g/mol. The molecule has 7 rings (SSSR count). The molecule has 2 aromatic heterocycles. The molecular formula is C88H129N27O25. The molecule has 0 unspecified atom stereocenters. The highest BCUT2D eigenvalue weighted by Crippen LogP contribution is 2.26. The van der Waals surface area contributed by atoms with Gasteiger partial charge in [0.05, 0.1) is 51.6 Å². The first-order chi connectivity index (χ1) is 66.7. The van der Waals surface area contributed by atoms with Gasteiger partial charge in [0.2, 0.25) is 100 Å². The number of primary amides is 1. The summed E-state index contributed by atoms with van der Waals surface area (Å²) < 4.78 is 0. The molecule has 4 aromatic rings. The smallest absolute Gasteiger partial charge is 0.326 e. The second-order valence-electron chi connectivity index (χ2n) is 34.6. The van der Waals surface area contributed by atoms with Crippen LogP contribution in [0.5, 0.6) is 5.75 Å². The van der Waals surface area contributed by atoms with Crippen molar-refractivity contribution in [2.75, 3.05) is 59.0 Å². The summed E-state index contributed by atoms with van der Waals surface area (Å²) >= 11 is 0. The number of imidazole rings is 2. The highest BCUT2D eigenvalue weighted by molar-refractivity contribution is 6.03. The number of likely N-dealkylation sites (tertiary alicyclic amines) is 3. The standard InChI is InChI=1S/C88H129N27O25/c1-47(2)32-62(85(137)114-30-12-21-67(114)83(135)110-61(38-71(121)122)80(132)104-55(17-7-9-27-90)76(128)112-64(87(139)140)34-49-22-24-52(117)25-23-49)103-70(120)43-99-74(126)58(35-50-40-95-45-100-50)108-81(133)65-19-11-29-113(65)84(136)56(18-10-28-97-88(93)94)105-77(129)57(33-48-14-4-3-5-15-48)106-78(130)59(36-51-41-96-46-101-51)107-79(131)60(37-68(92)118)109-82(134)66-20-13-31-115(66)86(138)63(39-72(123)124)111-75(127)54(16-6-8-26-89)102-69(119)42-98-73(125)53(91)44-116/h3-5,14-15,22-25,40-41,45-47,53-67,116-117H,6-13,16-21,26-39,42-44,89-91H2,1-2H3,(H2,92,118)(H,95,100)(H,96,101)(H,98,125)(H,99,126)(H,102,119)(H,103,120)(H,104,132)(H,105,129)(H,106,130)(H,107,131)(H,108,133)(H,109,134)(H,110,135)(H,111,127)(H,112,128)(H,121,122)(H,123,124)(H,139,140)(H4,93,94,97)/t53-,54-,55-,56-,57-,58-,59-,60-,61-,62-,63-,64-,65-,66-,67-/m0/s1. The number of unbranched alkanes of at least 4 members (excludes halogenated alkanes) is 2. The average Bonchev–Trinajstić information content (AvgIpc) is 1.69. The number of aromatic amines is 2. The number of carboxylic acid groups (broad SMARTS) is 3. The lowest BCUT2D eigenvalue weighted by molar-refractivity contribution is -0.146. The number of nitrogens with two attached hydrogens (primary N) is 5. The van der Waals surface area contributed by atoms with Gasteiger partial charge in [-0.15, -0.1) is 0 Å². The van der Waals surface area contributed by atoms with Gasteiger partial charge in [0.1, 0.15) is 96.4 Å². The van der Waals surface area contributed by atoms with E-state index in [1.807, 2.05) is 0 Å². The summed E-state index contributed by atoms with van der Waals surface area (Å²) in [5.74, 6) is -22.2. The van der Waals surface area contributed by atoms with Crippen molar-refractivity contribution >= 4 is 124 Å². The number of nitrogens with one attached hydrogen (secondary N) is 17. The number of H-pyrrole nitrogens is 2. The number of guanidine groups is 1. The summed E-state index contributed by atoms with van der Waals surface area (Å²) in [6, 6.07) is -9.71. The van der Waals surface area contributed by atoms with E-state index >= 15 is 14.4 Å². The predicted molar refractivity (Wildman–Crippen MR) is 493 cm³/mol. The van der Waals surface area contributed by atoms with E-state index in [4.69, 9.17) is 34.1 Å². The number of benzene rings is 2. The molecule has 32 N–H and O–H groups in total. The minimum Gasteiger partial charge on any atom is -0.508 e. The van der Waals surface area contributed by atoms with Crippen LogP contribution in [-0.4, -0.2) is 334 Å². The van der Waals surface area contributed by atoms with Crippen molar-refractivity contribution in [2.24, 2.45) is 34.6 Å². The Hall–Kier alpha value is -14.8. The number of carbonyl (C=O) groups excluding carboxylic acids is 17. The number of carboxylic acids is 3. The molecule has 15 atom stereocenters. The highest BCUT2D eigenvalue weighted by atomic mass is 16.4. The SMILES string of the molecule is CC(C)C[C@H](NC(=O)CNC(=O)[C@H](Cc1cnc[nH]1)NC(=O)[C@@H]1CCCN1C(=O)[C@H](CCCNC(=N)N)NC(=O)[C@H](Cc1ccccc1)NC(=O)[C@H](Cc1cnc[nH]1)NC(=O)[C@H](CC(N)=O)NC(=O)[C@@H]1CCCN1C(=O)[C@H](CC(=O)O)NC(=O)[C@H](CCCCN)NC(=O)CNC(=O)[C@@H](N)CO)C(=O)N1CCC[C@H]1C(=O)N[C@@H](CC(=O)O)C(=O)N[C@@H](CCCCN)C(=O)N[C@@H](Cc1ccc(O)cc1)C(=O)O. The van der Waals surface area contributed by atoms with Crippen molar-refractivity contribution in [3.05, 3.63) is 102 Å². The van der Waals surface area contributed by atoms with Crippen molar-refractivity contribution in [3.8, 4) is 5.75 Å². The molecule has 5 heterocycles. The number of rotatable bonds is 59. The van der Waals surface area contributed by atoms with Crippen LogP contribution in [-0.2, 0) is 122 Å². The first-order valence-corrected chi connectivity index (χ1v) is 46.0. The first kappa shape index (κ1) is 112. The summed E-state index contributed by atoms with van der Waals surface area (Å²) in [6.45, 7) is 1.20. The van der Waals surface area contributed by atoms with Gasteiger partial charge in [-0.05, 0) is 139 Å². The number of aliphatic hydroxyl groups is 1. The first-order valence-electron chi connectivity index (χ1n) is 46.0. The third-order valence-corrected chi connectivity index (χ3v) is 23.2. The van der Waals surface area contributed by atoms with Gasteiger partial charge in [0.25, 0.3) is 0 Å². The number of phenols is 1. The number of aromatic hydroxyl groups is 1. The monoisotopic (exact) mass is 1960 g/mol.